The average Bonchev–Trinajstić information content (AvgIpc) is 3.52. The van der Waals surface area contributed by atoms with Crippen LogP contribution in [0.3, 0.4) is 0 Å². The molecule has 38 heavy (non-hydrogen) atoms. The van der Waals surface area contributed by atoms with Crippen molar-refractivity contribution in [2.45, 2.75) is 32.9 Å². The summed E-state index contributed by atoms with van der Waals surface area (Å²) < 4.78 is 2.23. The molecular weight excluding hydrogens is 496 g/mol. The highest BCUT2D eigenvalue weighted by Gasteiger charge is 2.27. The Bertz CT molecular complexity index is 1670. The van der Waals surface area contributed by atoms with Gasteiger partial charge in [-0.3, -0.25) is 4.79 Å². The highest BCUT2D eigenvalue weighted by molar-refractivity contribution is 7.15. The molecule has 4 heterocycles. The Labute approximate surface area is 224 Å². The maximum Gasteiger partial charge on any atom is 0.335 e. The van der Waals surface area contributed by atoms with Crippen LogP contribution in [0.4, 0.5) is 0 Å². The molecule has 0 unspecified atom stereocenters. The topological polar surface area (TPSA) is 88.3 Å². The highest BCUT2D eigenvalue weighted by Crippen LogP contribution is 2.32. The number of amides is 1. The van der Waals surface area contributed by atoms with Crippen molar-refractivity contribution < 1.29 is 14.7 Å². The molecule has 0 atom stereocenters. The third kappa shape index (κ3) is 4.48. The number of aromatic nitrogens is 3. The number of aryl methyl sites for hydroxylation is 1. The van der Waals surface area contributed by atoms with Gasteiger partial charge in [0.1, 0.15) is 10.7 Å². The molecule has 0 aliphatic carbocycles. The monoisotopic (exact) mass is 522 g/mol. The summed E-state index contributed by atoms with van der Waals surface area (Å²) in [6, 6.07) is 19.4. The van der Waals surface area contributed by atoms with Crippen molar-refractivity contribution in [3.05, 3.63) is 106 Å². The van der Waals surface area contributed by atoms with E-state index >= 15 is 0 Å². The molecule has 6 rings (SSSR count). The van der Waals surface area contributed by atoms with Gasteiger partial charge in [0.25, 0.3) is 0 Å². The number of fused-ring (bicyclic) bond motifs is 3. The fourth-order valence-corrected chi connectivity index (χ4v) is 6.16. The molecule has 0 bridgehead atoms. The second-order valence-electron chi connectivity index (χ2n) is 9.58. The van der Waals surface area contributed by atoms with Crippen LogP contribution in [0, 0.1) is 6.92 Å². The molecule has 0 radical (unpaired) electrons. The van der Waals surface area contributed by atoms with Gasteiger partial charge in [-0.2, -0.15) is 0 Å². The third-order valence-corrected chi connectivity index (χ3v) is 8.16. The lowest BCUT2D eigenvalue weighted by Crippen LogP contribution is -2.37. The van der Waals surface area contributed by atoms with Crippen molar-refractivity contribution in [2.24, 2.45) is 0 Å². The molecule has 3 aromatic heterocycles. The first-order valence-corrected chi connectivity index (χ1v) is 13.4. The minimum Gasteiger partial charge on any atom is -0.478 e. The van der Waals surface area contributed by atoms with E-state index in [1.165, 1.54) is 5.56 Å². The third-order valence-electron chi connectivity index (χ3n) is 7.13. The second kappa shape index (κ2) is 9.87. The molecule has 0 saturated heterocycles. The van der Waals surface area contributed by atoms with Crippen molar-refractivity contribution in [2.75, 3.05) is 6.54 Å². The Balaban J connectivity index is 1.27. The molecule has 1 aliphatic heterocycles. The molecule has 0 saturated carbocycles. The van der Waals surface area contributed by atoms with Crippen molar-refractivity contribution in [1.82, 2.24) is 19.4 Å². The van der Waals surface area contributed by atoms with Gasteiger partial charge >= 0.3 is 5.97 Å². The zero-order valence-electron chi connectivity index (χ0n) is 20.9. The highest BCUT2D eigenvalue weighted by atomic mass is 32.1. The molecule has 7 nitrogen and oxygen atoms in total. The molecule has 0 spiro atoms. The van der Waals surface area contributed by atoms with E-state index in [0.717, 1.165) is 44.2 Å². The van der Waals surface area contributed by atoms with Crippen LogP contribution in [0.25, 0.3) is 21.6 Å². The van der Waals surface area contributed by atoms with Crippen molar-refractivity contribution in [1.29, 1.82) is 0 Å². The van der Waals surface area contributed by atoms with Gasteiger partial charge in [-0.1, -0.05) is 42.5 Å². The quantitative estimate of drug-likeness (QED) is 0.325. The van der Waals surface area contributed by atoms with Gasteiger partial charge in [-0.15, -0.1) is 11.3 Å². The van der Waals surface area contributed by atoms with Crippen molar-refractivity contribution in [3.8, 4) is 10.6 Å². The lowest BCUT2D eigenvalue weighted by atomic mass is 10.0. The minimum absolute atomic E-state index is 0.0343. The van der Waals surface area contributed by atoms with Gasteiger partial charge in [0.15, 0.2) is 0 Å². The number of benzene rings is 2. The van der Waals surface area contributed by atoms with E-state index in [2.05, 4.69) is 27.8 Å². The van der Waals surface area contributed by atoms with Crippen LogP contribution >= 0.6 is 11.3 Å². The summed E-state index contributed by atoms with van der Waals surface area (Å²) >= 11 is 1.67. The molecule has 8 heteroatoms. The van der Waals surface area contributed by atoms with Crippen LogP contribution in [0.5, 0.6) is 0 Å². The van der Waals surface area contributed by atoms with Gasteiger partial charge in [0.05, 0.1) is 25.1 Å². The Morgan fingerprint density at radius 3 is 2.68 bits per heavy atom. The Kier molecular flexibility index (Phi) is 6.25. The minimum atomic E-state index is -0.956. The summed E-state index contributed by atoms with van der Waals surface area (Å²) in [5.41, 5.74) is 6.15. The fourth-order valence-electron chi connectivity index (χ4n) is 5.26. The largest absolute Gasteiger partial charge is 0.478 e. The van der Waals surface area contributed by atoms with Gasteiger partial charge in [0.2, 0.25) is 5.91 Å². The van der Waals surface area contributed by atoms with Crippen LogP contribution in [-0.4, -0.2) is 43.0 Å². The number of carbonyl (C=O) groups is 2. The van der Waals surface area contributed by atoms with Crippen molar-refractivity contribution >= 4 is 34.2 Å². The number of aromatic carboxylic acids is 1. The number of carbonyl (C=O) groups excluding carboxylic acids is 1. The molecule has 1 amide bonds. The summed E-state index contributed by atoms with van der Waals surface area (Å²) in [6.45, 7) is 3.57. The van der Waals surface area contributed by atoms with Gasteiger partial charge in [-0.05, 0) is 48.2 Å². The van der Waals surface area contributed by atoms with Crippen LogP contribution in [0.2, 0.25) is 0 Å². The summed E-state index contributed by atoms with van der Waals surface area (Å²) in [5.74, 6) is -0.922. The maximum absolute atomic E-state index is 13.3. The Morgan fingerprint density at radius 2 is 1.89 bits per heavy atom. The zero-order valence-corrected chi connectivity index (χ0v) is 21.7. The second-order valence-corrected chi connectivity index (χ2v) is 10.7. The van der Waals surface area contributed by atoms with Crippen molar-refractivity contribution in [3.63, 3.8) is 0 Å². The molecule has 0 fully saturated rings. The van der Waals surface area contributed by atoms with Gasteiger partial charge in [0, 0.05) is 40.5 Å². The van der Waals surface area contributed by atoms with E-state index in [0.29, 0.717) is 25.2 Å². The van der Waals surface area contributed by atoms with Gasteiger partial charge in [-0.25, -0.2) is 14.8 Å². The van der Waals surface area contributed by atoms with Gasteiger partial charge < -0.3 is 14.6 Å². The SMILES string of the molecule is Cc1cc(CC(=O)N2CCc3c(n(Cc4cnc(-c5ccccc5)s4)c4ncccc34)C2)ccc1C(=O)O. The molecular formula is C30H26N4O3S. The predicted octanol–water partition coefficient (Wildman–Crippen LogP) is 5.34. The van der Waals surface area contributed by atoms with E-state index in [1.54, 1.807) is 36.5 Å². The molecule has 190 valence electrons. The van der Waals surface area contributed by atoms with Crippen LogP contribution in [0.1, 0.15) is 37.6 Å². The molecule has 2 aromatic carbocycles. The zero-order chi connectivity index (χ0) is 26.2. The van der Waals surface area contributed by atoms with E-state index < -0.39 is 5.97 Å². The number of rotatable bonds is 6. The number of carboxylic acid groups (broad SMARTS) is 1. The number of thiazole rings is 1. The number of hydrogen-bond acceptors (Lipinski definition) is 5. The van der Waals surface area contributed by atoms with E-state index in [4.69, 9.17) is 4.98 Å². The number of nitrogens with zero attached hydrogens (tertiary/aromatic N) is 4. The average molecular weight is 523 g/mol. The van der Waals surface area contributed by atoms with E-state index in [1.807, 2.05) is 41.6 Å². The lowest BCUT2D eigenvalue weighted by molar-refractivity contribution is -0.131. The standard InChI is InChI=1S/C30H26N4O3S/c1-19-14-20(9-10-23(19)30(36)37)15-27(35)33-13-11-24-25-8-5-12-31-28(25)34(26(24)18-33)17-22-16-32-29(38-22)21-6-3-2-4-7-21/h2-10,12,14,16H,11,13,15,17-18H2,1H3,(H,36,37). The number of carboxylic acids is 1. The molecule has 5 aromatic rings. The first-order valence-electron chi connectivity index (χ1n) is 12.5. The Hall–Kier alpha value is -4.30. The van der Waals surface area contributed by atoms with E-state index in [9.17, 15) is 14.7 Å². The summed E-state index contributed by atoms with van der Waals surface area (Å²) in [7, 11) is 0. The molecule has 1 N–H and O–H groups in total. The summed E-state index contributed by atoms with van der Waals surface area (Å²) in [6.07, 6.45) is 4.76. The summed E-state index contributed by atoms with van der Waals surface area (Å²) in [4.78, 5) is 37.1. The maximum atomic E-state index is 13.3. The fraction of sp³-hybridized carbons (Fsp3) is 0.200. The number of hydrogen-bond donors (Lipinski definition) is 1. The van der Waals surface area contributed by atoms with Crippen LogP contribution in [-0.2, 0) is 30.7 Å². The van der Waals surface area contributed by atoms with Crippen LogP contribution in [0.15, 0.2) is 73.1 Å². The smallest absolute Gasteiger partial charge is 0.335 e. The summed E-state index contributed by atoms with van der Waals surface area (Å²) in [5, 5.41) is 11.4. The first kappa shape index (κ1) is 24.1. The van der Waals surface area contributed by atoms with Crippen LogP contribution < -0.4 is 0 Å². The first-order chi connectivity index (χ1) is 18.5. The molecule has 1 aliphatic rings. The lowest BCUT2D eigenvalue weighted by Gasteiger charge is -2.28. The predicted molar refractivity (Wildman–Crippen MR) is 147 cm³/mol. The number of pyridine rings is 1. The Morgan fingerprint density at radius 1 is 1.05 bits per heavy atom. The van der Waals surface area contributed by atoms with E-state index in [-0.39, 0.29) is 17.9 Å². The normalized spacial score (nSPS) is 13.0.